The van der Waals surface area contributed by atoms with Crippen LogP contribution in [0.3, 0.4) is 0 Å². The van der Waals surface area contributed by atoms with E-state index < -0.39 is 5.82 Å². The topological polar surface area (TPSA) is 84.0 Å². The maximum atomic E-state index is 14.7. The molecule has 4 rings (SSSR count). The average Bonchev–Trinajstić information content (AvgIpc) is 3.11. The van der Waals surface area contributed by atoms with Gasteiger partial charge >= 0.3 is 0 Å². The van der Waals surface area contributed by atoms with Crippen molar-refractivity contribution in [3.63, 3.8) is 0 Å². The number of rotatable bonds is 3. The molecule has 0 saturated heterocycles. The summed E-state index contributed by atoms with van der Waals surface area (Å²) in [6.45, 7) is 3.46. The number of nitrogens with zero attached hydrogens (tertiary/aromatic N) is 2. The number of hydrogen-bond donors (Lipinski definition) is 2. The van der Waals surface area contributed by atoms with Crippen molar-refractivity contribution >= 4 is 46.0 Å². The monoisotopic (exact) mass is 384 g/mol. The molecular formula is C19H17FN4O2S. The second kappa shape index (κ2) is 6.70. The van der Waals surface area contributed by atoms with Crippen LogP contribution in [0.1, 0.15) is 37.3 Å². The zero-order valence-corrected chi connectivity index (χ0v) is 15.6. The molecule has 3 aromatic rings. The van der Waals surface area contributed by atoms with E-state index in [9.17, 15) is 14.0 Å². The summed E-state index contributed by atoms with van der Waals surface area (Å²) in [6, 6.07) is 8.47. The van der Waals surface area contributed by atoms with Crippen molar-refractivity contribution in [2.75, 3.05) is 10.6 Å². The summed E-state index contributed by atoms with van der Waals surface area (Å²) in [6.07, 6.45) is 0.195. The maximum absolute atomic E-state index is 14.7. The number of benzene rings is 2. The van der Waals surface area contributed by atoms with E-state index in [1.165, 1.54) is 12.1 Å². The van der Waals surface area contributed by atoms with Crippen molar-refractivity contribution in [2.45, 2.75) is 26.2 Å². The molecule has 2 heterocycles. The summed E-state index contributed by atoms with van der Waals surface area (Å²) in [5.74, 6) is -1.60. The van der Waals surface area contributed by atoms with Gasteiger partial charge in [-0.15, -0.1) is 0 Å². The van der Waals surface area contributed by atoms with Crippen LogP contribution in [0, 0.1) is 11.7 Å². The van der Waals surface area contributed by atoms with Crippen LogP contribution >= 0.6 is 11.7 Å². The third-order valence-corrected chi connectivity index (χ3v) is 5.20. The third kappa shape index (κ3) is 3.16. The van der Waals surface area contributed by atoms with E-state index in [-0.39, 0.29) is 35.8 Å². The molecule has 0 spiro atoms. The molecular weight excluding hydrogens is 367 g/mol. The lowest BCUT2D eigenvalue weighted by Gasteiger charge is -2.27. The molecule has 8 heteroatoms. The summed E-state index contributed by atoms with van der Waals surface area (Å²) < 4.78 is 23.3. The lowest BCUT2D eigenvalue weighted by atomic mass is 9.84. The Morgan fingerprint density at radius 1 is 1.30 bits per heavy atom. The summed E-state index contributed by atoms with van der Waals surface area (Å²) in [7, 11) is 0. The van der Waals surface area contributed by atoms with E-state index in [0.29, 0.717) is 11.3 Å². The number of nitrogens with one attached hydrogen (secondary N) is 2. The van der Waals surface area contributed by atoms with Gasteiger partial charge in [-0.1, -0.05) is 26.0 Å². The Hall–Kier alpha value is -2.87. The molecule has 1 aromatic heterocycles. The Kier molecular flexibility index (Phi) is 4.35. The van der Waals surface area contributed by atoms with Gasteiger partial charge in [-0.05, 0) is 29.3 Å². The molecule has 2 amide bonds. The van der Waals surface area contributed by atoms with E-state index >= 15 is 0 Å². The van der Waals surface area contributed by atoms with Gasteiger partial charge in [0.1, 0.15) is 16.9 Å². The standard InChI is InChI=1S/C19H17FN4O2S/c1-9(2)19(26)22-16-8-15-12(6-13(16)20)11(7-17(25)21-15)10-4-3-5-14-18(10)24-27-23-14/h3-6,8-9,11H,7H2,1-2H3,(H,21,25)(H,22,26)/t11-/m0/s1. The first-order chi connectivity index (χ1) is 12.9. The van der Waals surface area contributed by atoms with Crippen molar-refractivity contribution in [1.29, 1.82) is 0 Å². The van der Waals surface area contributed by atoms with Crippen LogP contribution < -0.4 is 10.6 Å². The molecule has 27 heavy (non-hydrogen) atoms. The lowest BCUT2D eigenvalue weighted by molar-refractivity contribution is -0.119. The van der Waals surface area contributed by atoms with Gasteiger partial charge in [-0.2, -0.15) is 8.75 Å². The van der Waals surface area contributed by atoms with Crippen molar-refractivity contribution in [2.24, 2.45) is 5.92 Å². The number of anilines is 2. The smallest absolute Gasteiger partial charge is 0.227 e. The van der Waals surface area contributed by atoms with Crippen LogP contribution in [-0.2, 0) is 9.59 Å². The first kappa shape index (κ1) is 17.5. The number of carbonyl (C=O) groups is 2. The molecule has 0 radical (unpaired) electrons. The van der Waals surface area contributed by atoms with Gasteiger partial charge in [0.15, 0.2) is 0 Å². The van der Waals surface area contributed by atoms with Gasteiger partial charge in [0.2, 0.25) is 11.8 Å². The number of fused-ring (bicyclic) bond motifs is 2. The van der Waals surface area contributed by atoms with Crippen molar-refractivity contribution in [3.05, 3.63) is 47.3 Å². The van der Waals surface area contributed by atoms with Crippen LogP contribution in [0.15, 0.2) is 30.3 Å². The van der Waals surface area contributed by atoms with E-state index in [1.54, 1.807) is 13.8 Å². The zero-order chi connectivity index (χ0) is 19.1. The molecule has 1 aliphatic rings. The fraction of sp³-hybridized carbons (Fsp3) is 0.263. The van der Waals surface area contributed by atoms with Crippen LogP contribution in [-0.4, -0.2) is 20.6 Å². The second-order valence-corrected chi connectivity index (χ2v) is 7.38. The highest BCUT2D eigenvalue weighted by Gasteiger charge is 2.30. The molecule has 2 N–H and O–H groups in total. The fourth-order valence-corrected chi connectivity index (χ4v) is 3.80. The molecule has 6 nitrogen and oxygen atoms in total. The van der Waals surface area contributed by atoms with Crippen molar-refractivity contribution < 1.29 is 14.0 Å². The Morgan fingerprint density at radius 2 is 2.11 bits per heavy atom. The normalized spacial score (nSPS) is 16.3. The predicted molar refractivity (Wildman–Crippen MR) is 102 cm³/mol. The second-order valence-electron chi connectivity index (χ2n) is 6.85. The van der Waals surface area contributed by atoms with Gasteiger partial charge in [0, 0.05) is 23.9 Å². The molecule has 138 valence electrons. The van der Waals surface area contributed by atoms with Crippen LogP contribution in [0.5, 0.6) is 0 Å². The molecule has 0 unspecified atom stereocenters. The maximum Gasteiger partial charge on any atom is 0.227 e. The lowest BCUT2D eigenvalue weighted by Crippen LogP contribution is -2.25. The number of halogens is 1. The molecule has 1 aliphatic heterocycles. The van der Waals surface area contributed by atoms with E-state index in [1.807, 2.05) is 18.2 Å². The highest BCUT2D eigenvalue weighted by atomic mass is 32.1. The molecule has 0 aliphatic carbocycles. The summed E-state index contributed by atoms with van der Waals surface area (Å²) in [4.78, 5) is 24.2. The molecule has 0 saturated carbocycles. The van der Waals surface area contributed by atoms with Crippen LogP contribution in [0.4, 0.5) is 15.8 Å². The van der Waals surface area contributed by atoms with Crippen LogP contribution in [0.25, 0.3) is 11.0 Å². The number of carbonyl (C=O) groups excluding carboxylic acids is 2. The average molecular weight is 384 g/mol. The summed E-state index contributed by atoms with van der Waals surface area (Å²) in [5.41, 5.74) is 3.54. The van der Waals surface area contributed by atoms with Gasteiger partial charge < -0.3 is 10.6 Å². The van der Waals surface area contributed by atoms with Gasteiger partial charge in [0.25, 0.3) is 0 Å². The fourth-order valence-electron chi connectivity index (χ4n) is 3.24. The van der Waals surface area contributed by atoms with Gasteiger partial charge in [-0.25, -0.2) is 4.39 Å². The number of amides is 2. The minimum atomic E-state index is -0.535. The molecule has 2 aromatic carbocycles. The Bertz CT molecular complexity index is 1060. The molecule has 0 bridgehead atoms. The van der Waals surface area contributed by atoms with Crippen LogP contribution in [0.2, 0.25) is 0 Å². The van der Waals surface area contributed by atoms with E-state index in [0.717, 1.165) is 28.3 Å². The zero-order valence-electron chi connectivity index (χ0n) is 14.7. The third-order valence-electron chi connectivity index (χ3n) is 4.65. The van der Waals surface area contributed by atoms with E-state index in [4.69, 9.17) is 0 Å². The molecule has 1 atom stereocenters. The minimum absolute atomic E-state index is 0.0573. The Morgan fingerprint density at radius 3 is 2.89 bits per heavy atom. The molecule has 0 fully saturated rings. The SMILES string of the molecule is CC(C)C(=O)Nc1cc2c(cc1F)[C@H](c1cccc3nsnc13)CC(=O)N2. The predicted octanol–water partition coefficient (Wildman–Crippen LogP) is 3.90. The highest BCUT2D eigenvalue weighted by Crippen LogP contribution is 2.41. The first-order valence-corrected chi connectivity index (χ1v) is 9.32. The van der Waals surface area contributed by atoms with Gasteiger partial charge in [0.05, 0.1) is 17.4 Å². The van der Waals surface area contributed by atoms with Gasteiger partial charge in [-0.3, -0.25) is 9.59 Å². The quantitative estimate of drug-likeness (QED) is 0.717. The largest absolute Gasteiger partial charge is 0.326 e. The number of hydrogen-bond acceptors (Lipinski definition) is 5. The van der Waals surface area contributed by atoms with Crippen molar-refractivity contribution in [1.82, 2.24) is 8.75 Å². The minimum Gasteiger partial charge on any atom is -0.326 e. The highest BCUT2D eigenvalue weighted by molar-refractivity contribution is 7.00. The summed E-state index contributed by atoms with van der Waals surface area (Å²) in [5, 5.41) is 5.35. The Balaban J connectivity index is 1.80. The Labute approximate surface area is 159 Å². The summed E-state index contributed by atoms with van der Waals surface area (Å²) >= 11 is 1.11. The first-order valence-electron chi connectivity index (χ1n) is 8.59. The van der Waals surface area contributed by atoms with Crippen molar-refractivity contribution in [3.8, 4) is 0 Å². The van der Waals surface area contributed by atoms with E-state index in [2.05, 4.69) is 19.4 Å². The number of aromatic nitrogens is 2.